The minimum absolute atomic E-state index is 0.169. The van der Waals surface area contributed by atoms with E-state index in [9.17, 15) is 4.39 Å². The third-order valence-corrected chi connectivity index (χ3v) is 4.03. The van der Waals surface area contributed by atoms with Crippen LogP contribution in [0.4, 0.5) is 21.8 Å². The zero-order chi connectivity index (χ0) is 16.8. The van der Waals surface area contributed by atoms with E-state index < -0.39 is 0 Å². The summed E-state index contributed by atoms with van der Waals surface area (Å²) in [5.74, 6) is 1.32. The van der Waals surface area contributed by atoms with E-state index in [0.717, 1.165) is 32.0 Å². The van der Waals surface area contributed by atoms with Gasteiger partial charge in [0.25, 0.3) is 0 Å². The van der Waals surface area contributed by atoms with Gasteiger partial charge in [-0.15, -0.1) is 0 Å². The van der Waals surface area contributed by atoms with Crippen molar-refractivity contribution in [3.8, 4) is 0 Å². The molecule has 2 heterocycles. The molecule has 128 valence electrons. The number of halogens is 1. The molecule has 0 spiro atoms. The first kappa shape index (κ1) is 16.4. The average molecular weight is 331 g/mol. The molecule has 3 rings (SSSR count). The number of methoxy groups -OCH3 is 1. The van der Waals surface area contributed by atoms with Crippen LogP contribution in [0.2, 0.25) is 0 Å². The first-order chi connectivity index (χ1) is 11.8. The van der Waals surface area contributed by atoms with Crippen molar-refractivity contribution < 1.29 is 9.13 Å². The predicted molar refractivity (Wildman–Crippen MR) is 93.2 cm³/mol. The van der Waals surface area contributed by atoms with Crippen molar-refractivity contribution in [2.45, 2.75) is 0 Å². The number of para-hydroxylation sites is 1. The fourth-order valence-corrected chi connectivity index (χ4v) is 2.76. The Kier molecular flexibility index (Phi) is 5.43. The van der Waals surface area contributed by atoms with Gasteiger partial charge < -0.3 is 19.9 Å². The van der Waals surface area contributed by atoms with Gasteiger partial charge in [-0.2, -0.15) is 4.98 Å². The molecule has 2 aromatic rings. The highest BCUT2D eigenvalue weighted by Gasteiger charge is 2.20. The molecule has 24 heavy (non-hydrogen) atoms. The second-order valence-corrected chi connectivity index (χ2v) is 5.58. The Bertz CT molecular complexity index is 661. The molecule has 1 aromatic heterocycles. The number of nitrogens with zero attached hydrogens (tertiary/aromatic N) is 4. The molecule has 6 nitrogen and oxygen atoms in total. The van der Waals surface area contributed by atoms with E-state index in [1.165, 1.54) is 6.07 Å². The number of anilines is 3. The van der Waals surface area contributed by atoms with Crippen LogP contribution in [0.15, 0.2) is 36.5 Å². The van der Waals surface area contributed by atoms with Crippen LogP contribution >= 0.6 is 0 Å². The van der Waals surface area contributed by atoms with Crippen LogP contribution < -0.4 is 15.1 Å². The van der Waals surface area contributed by atoms with Crippen LogP contribution in [-0.2, 0) is 4.74 Å². The predicted octanol–water partition coefficient (Wildman–Crippen LogP) is 2.00. The Labute approximate surface area is 141 Å². The van der Waals surface area contributed by atoms with Gasteiger partial charge in [0.1, 0.15) is 11.6 Å². The Hall–Kier alpha value is -2.41. The number of hydrogen-bond donors (Lipinski definition) is 1. The summed E-state index contributed by atoms with van der Waals surface area (Å²) in [6.45, 7) is 4.39. The highest BCUT2D eigenvalue weighted by Crippen LogP contribution is 2.22. The molecule has 0 aliphatic carbocycles. The van der Waals surface area contributed by atoms with Crippen molar-refractivity contribution in [2.75, 3.05) is 61.6 Å². The van der Waals surface area contributed by atoms with E-state index in [1.54, 1.807) is 19.4 Å². The lowest BCUT2D eigenvalue weighted by molar-refractivity contribution is 0.210. The molecule has 7 heteroatoms. The third-order valence-electron chi connectivity index (χ3n) is 4.03. The van der Waals surface area contributed by atoms with Gasteiger partial charge in [0.15, 0.2) is 0 Å². The van der Waals surface area contributed by atoms with Crippen LogP contribution in [0, 0.1) is 5.82 Å². The van der Waals surface area contributed by atoms with E-state index in [0.29, 0.717) is 24.8 Å². The number of piperazine rings is 1. The minimum Gasteiger partial charge on any atom is -0.383 e. The first-order valence-corrected chi connectivity index (χ1v) is 8.08. The lowest BCUT2D eigenvalue weighted by Gasteiger charge is -2.36. The van der Waals surface area contributed by atoms with E-state index in [4.69, 9.17) is 4.74 Å². The van der Waals surface area contributed by atoms with Crippen molar-refractivity contribution in [3.63, 3.8) is 0 Å². The minimum atomic E-state index is -0.169. The lowest BCUT2D eigenvalue weighted by Crippen LogP contribution is -2.47. The molecular formula is C17H22FN5O. The number of benzene rings is 1. The van der Waals surface area contributed by atoms with Gasteiger partial charge in [-0.05, 0) is 18.2 Å². The quantitative estimate of drug-likeness (QED) is 0.817. The summed E-state index contributed by atoms with van der Waals surface area (Å²) < 4.78 is 18.9. The average Bonchev–Trinajstić information content (AvgIpc) is 2.63. The van der Waals surface area contributed by atoms with Crippen LogP contribution in [0.3, 0.4) is 0 Å². The molecule has 0 saturated carbocycles. The van der Waals surface area contributed by atoms with Gasteiger partial charge >= 0.3 is 0 Å². The molecule has 1 aliphatic heterocycles. The van der Waals surface area contributed by atoms with Crippen LogP contribution in [0.5, 0.6) is 0 Å². The van der Waals surface area contributed by atoms with Crippen LogP contribution in [0.25, 0.3) is 0 Å². The summed E-state index contributed by atoms with van der Waals surface area (Å²) in [5.41, 5.74) is 0.668. The Morgan fingerprint density at radius 3 is 2.62 bits per heavy atom. The fourth-order valence-electron chi connectivity index (χ4n) is 2.76. The highest BCUT2D eigenvalue weighted by atomic mass is 19.1. The molecule has 0 bridgehead atoms. The first-order valence-electron chi connectivity index (χ1n) is 8.08. The summed E-state index contributed by atoms with van der Waals surface area (Å²) in [4.78, 5) is 13.0. The van der Waals surface area contributed by atoms with Crippen molar-refractivity contribution in [1.29, 1.82) is 0 Å². The van der Waals surface area contributed by atoms with E-state index in [2.05, 4.69) is 25.1 Å². The molecule has 1 N–H and O–H groups in total. The summed E-state index contributed by atoms with van der Waals surface area (Å²) in [5, 5.41) is 3.13. The van der Waals surface area contributed by atoms with Gasteiger partial charge in [0, 0.05) is 46.0 Å². The monoisotopic (exact) mass is 331 g/mol. The number of rotatable bonds is 6. The highest BCUT2D eigenvalue weighted by molar-refractivity contribution is 5.51. The van der Waals surface area contributed by atoms with Gasteiger partial charge in [-0.25, -0.2) is 9.37 Å². The topological polar surface area (TPSA) is 53.5 Å². The van der Waals surface area contributed by atoms with Crippen LogP contribution in [0.1, 0.15) is 0 Å². The molecule has 0 radical (unpaired) electrons. The smallest absolute Gasteiger partial charge is 0.224 e. The molecule has 1 aliphatic rings. The SMILES string of the molecule is COCCNc1nccc(N2CCN(c3ccccc3F)CC2)n1. The molecule has 0 unspecified atom stereocenters. The summed E-state index contributed by atoms with van der Waals surface area (Å²) in [6, 6.07) is 8.82. The van der Waals surface area contributed by atoms with Gasteiger partial charge in [-0.3, -0.25) is 0 Å². The lowest BCUT2D eigenvalue weighted by atomic mass is 10.2. The molecule has 0 amide bonds. The normalized spacial score (nSPS) is 14.8. The molecule has 1 aromatic carbocycles. The summed E-state index contributed by atoms with van der Waals surface area (Å²) in [6.07, 6.45) is 1.75. The maximum absolute atomic E-state index is 13.9. The largest absolute Gasteiger partial charge is 0.383 e. The zero-order valence-corrected chi connectivity index (χ0v) is 13.8. The van der Waals surface area contributed by atoms with Crippen molar-refractivity contribution in [3.05, 3.63) is 42.3 Å². The van der Waals surface area contributed by atoms with E-state index in [1.807, 2.05) is 18.2 Å². The van der Waals surface area contributed by atoms with E-state index in [-0.39, 0.29) is 5.82 Å². The van der Waals surface area contributed by atoms with Gasteiger partial charge in [0.2, 0.25) is 5.95 Å². The maximum atomic E-state index is 13.9. The summed E-state index contributed by atoms with van der Waals surface area (Å²) >= 11 is 0. The maximum Gasteiger partial charge on any atom is 0.224 e. The third kappa shape index (κ3) is 3.91. The van der Waals surface area contributed by atoms with Gasteiger partial charge in [0.05, 0.1) is 12.3 Å². The van der Waals surface area contributed by atoms with E-state index >= 15 is 0 Å². The van der Waals surface area contributed by atoms with Crippen molar-refractivity contribution in [1.82, 2.24) is 9.97 Å². The number of hydrogen-bond acceptors (Lipinski definition) is 6. The second-order valence-electron chi connectivity index (χ2n) is 5.58. The van der Waals surface area contributed by atoms with Crippen molar-refractivity contribution in [2.24, 2.45) is 0 Å². The van der Waals surface area contributed by atoms with Crippen molar-refractivity contribution >= 4 is 17.5 Å². The summed E-state index contributed by atoms with van der Waals surface area (Å²) in [7, 11) is 1.66. The standard InChI is InChI=1S/C17H22FN5O/c1-24-13-8-20-17-19-7-6-16(21-17)23-11-9-22(10-12-23)15-5-3-2-4-14(15)18/h2-7H,8-13H2,1H3,(H,19,20,21). The Balaban J connectivity index is 1.60. The molecule has 1 saturated heterocycles. The zero-order valence-electron chi connectivity index (χ0n) is 13.8. The number of ether oxygens (including phenoxy) is 1. The second kappa shape index (κ2) is 7.92. The number of nitrogens with one attached hydrogen (secondary N) is 1. The molecule has 1 fully saturated rings. The number of aromatic nitrogens is 2. The Morgan fingerprint density at radius 1 is 1.12 bits per heavy atom. The Morgan fingerprint density at radius 2 is 1.88 bits per heavy atom. The molecular weight excluding hydrogens is 309 g/mol. The fraction of sp³-hybridized carbons (Fsp3) is 0.412. The van der Waals surface area contributed by atoms with Gasteiger partial charge in [-0.1, -0.05) is 12.1 Å². The van der Waals surface area contributed by atoms with Crippen LogP contribution in [-0.4, -0.2) is 56.4 Å². The molecule has 0 atom stereocenters.